The van der Waals surface area contributed by atoms with Crippen LogP contribution in [-0.2, 0) is 14.2 Å². The van der Waals surface area contributed by atoms with Crippen molar-refractivity contribution in [3.8, 4) is 0 Å². The lowest BCUT2D eigenvalue weighted by Gasteiger charge is -2.54. The maximum atomic E-state index is 11.7. The fraction of sp³-hybridized carbons (Fsp3) is 1.00. The zero-order valence-electron chi connectivity index (χ0n) is 10.3. The van der Waals surface area contributed by atoms with E-state index in [-0.39, 0.29) is 6.61 Å². The van der Waals surface area contributed by atoms with E-state index in [1.165, 1.54) is 12.8 Å². The normalized spacial score (nSPS) is 22.4. The minimum absolute atomic E-state index is 0.165. The van der Waals surface area contributed by atoms with Crippen molar-refractivity contribution in [2.45, 2.75) is 18.9 Å². The number of alkyl halides is 1. The summed E-state index contributed by atoms with van der Waals surface area (Å²) in [5, 5.41) is 3.30. The first-order valence-electron chi connectivity index (χ1n) is 6.38. The Morgan fingerprint density at radius 3 is 2.24 bits per heavy atom. The molecule has 0 aromatic carbocycles. The van der Waals surface area contributed by atoms with E-state index in [9.17, 15) is 4.39 Å². The van der Waals surface area contributed by atoms with E-state index < -0.39 is 6.67 Å². The SMILES string of the molecule is FCCOCCOCCOC1CC2(CNC2)C1. The fourth-order valence-electron chi connectivity index (χ4n) is 2.44. The summed E-state index contributed by atoms with van der Waals surface area (Å²) in [5.74, 6) is 0. The zero-order chi connectivity index (χ0) is 12.0. The molecule has 0 aromatic heterocycles. The summed E-state index contributed by atoms with van der Waals surface area (Å²) in [7, 11) is 0. The van der Waals surface area contributed by atoms with Crippen molar-refractivity contribution < 1.29 is 18.6 Å². The van der Waals surface area contributed by atoms with Gasteiger partial charge < -0.3 is 19.5 Å². The Morgan fingerprint density at radius 1 is 1.00 bits per heavy atom. The minimum Gasteiger partial charge on any atom is -0.377 e. The first kappa shape index (κ1) is 13.2. The molecule has 1 saturated heterocycles. The summed E-state index contributed by atoms with van der Waals surface area (Å²) in [5.41, 5.74) is 0.575. The summed E-state index contributed by atoms with van der Waals surface area (Å²) in [6.45, 7) is 4.28. The molecule has 17 heavy (non-hydrogen) atoms. The Labute approximate surface area is 102 Å². The number of ether oxygens (including phenoxy) is 3. The number of hydrogen-bond donors (Lipinski definition) is 1. The first-order chi connectivity index (χ1) is 8.35. The number of hydrogen-bond acceptors (Lipinski definition) is 4. The van der Waals surface area contributed by atoms with Crippen molar-refractivity contribution in [1.29, 1.82) is 0 Å². The lowest BCUT2D eigenvalue weighted by molar-refractivity contribution is -0.114. The fourth-order valence-corrected chi connectivity index (χ4v) is 2.44. The molecule has 0 atom stereocenters. The van der Waals surface area contributed by atoms with Crippen LogP contribution in [-0.4, -0.2) is 58.9 Å². The largest absolute Gasteiger partial charge is 0.377 e. The topological polar surface area (TPSA) is 39.7 Å². The molecule has 0 unspecified atom stereocenters. The Morgan fingerprint density at radius 2 is 1.65 bits per heavy atom. The average molecular weight is 247 g/mol. The maximum absolute atomic E-state index is 11.7. The molecule has 0 aromatic rings. The van der Waals surface area contributed by atoms with Gasteiger partial charge in [-0.25, -0.2) is 4.39 Å². The molecule has 100 valence electrons. The van der Waals surface area contributed by atoms with Gasteiger partial charge in [0.15, 0.2) is 0 Å². The van der Waals surface area contributed by atoms with Crippen LogP contribution in [0.1, 0.15) is 12.8 Å². The molecule has 0 radical (unpaired) electrons. The van der Waals surface area contributed by atoms with Crippen LogP contribution in [0.15, 0.2) is 0 Å². The van der Waals surface area contributed by atoms with Crippen molar-refractivity contribution in [2.24, 2.45) is 5.41 Å². The highest BCUT2D eigenvalue weighted by Crippen LogP contribution is 2.45. The van der Waals surface area contributed by atoms with Gasteiger partial charge >= 0.3 is 0 Å². The van der Waals surface area contributed by atoms with Gasteiger partial charge in [0, 0.05) is 18.5 Å². The summed E-state index contributed by atoms with van der Waals surface area (Å²) in [6, 6.07) is 0. The summed E-state index contributed by atoms with van der Waals surface area (Å²) < 4.78 is 27.6. The molecule has 2 fully saturated rings. The quantitative estimate of drug-likeness (QED) is 0.611. The molecule has 2 aliphatic rings. The second-order valence-electron chi connectivity index (χ2n) is 4.92. The second-order valence-corrected chi connectivity index (χ2v) is 4.92. The molecule has 0 bridgehead atoms. The highest BCUT2D eigenvalue weighted by molar-refractivity contribution is 5.03. The maximum Gasteiger partial charge on any atom is 0.113 e. The smallest absolute Gasteiger partial charge is 0.113 e. The molecule has 1 N–H and O–H groups in total. The van der Waals surface area contributed by atoms with E-state index in [0.717, 1.165) is 13.1 Å². The Bertz CT molecular complexity index is 216. The molecule has 1 aliphatic heterocycles. The van der Waals surface area contributed by atoms with Crippen molar-refractivity contribution in [3.63, 3.8) is 0 Å². The van der Waals surface area contributed by atoms with Gasteiger partial charge in [0.2, 0.25) is 0 Å². The van der Waals surface area contributed by atoms with Crippen molar-refractivity contribution >= 4 is 0 Å². The van der Waals surface area contributed by atoms with Gasteiger partial charge in [0.05, 0.1) is 39.1 Å². The van der Waals surface area contributed by atoms with Crippen LogP contribution in [0.25, 0.3) is 0 Å². The van der Waals surface area contributed by atoms with Crippen LogP contribution in [0.3, 0.4) is 0 Å². The van der Waals surface area contributed by atoms with Gasteiger partial charge in [-0.05, 0) is 12.8 Å². The monoisotopic (exact) mass is 247 g/mol. The third kappa shape index (κ3) is 3.88. The molecule has 1 saturated carbocycles. The number of halogens is 1. The predicted octanol–water partition coefficient (Wildman–Crippen LogP) is 0.758. The van der Waals surface area contributed by atoms with Crippen LogP contribution < -0.4 is 5.32 Å². The molecular weight excluding hydrogens is 225 g/mol. The number of nitrogens with one attached hydrogen (secondary N) is 1. The van der Waals surface area contributed by atoms with E-state index in [0.29, 0.717) is 37.9 Å². The molecule has 4 nitrogen and oxygen atoms in total. The zero-order valence-corrected chi connectivity index (χ0v) is 10.3. The van der Waals surface area contributed by atoms with Crippen LogP contribution in [0.2, 0.25) is 0 Å². The Hall–Kier alpha value is -0.230. The lowest BCUT2D eigenvalue weighted by atomic mass is 9.63. The van der Waals surface area contributed by atoms with Crippen LogP contribution >= 0.6 is 0 Å². The van der Waals surface area contributed by atoms with Gasteiger partial charge in [-0.15, -0.1) is 0 Å². The van der Waals surface area contributed by atoms with Crippen LogP contribution in [0.5, 0.6) is 0 Å². The molecule has 2 rings (SSSR count). The summed E-state index contributed by atoms with van der Waals surface area (Å²) in [4.78, 5) is 0. The first-order valence-corrected chi connectivity index (χ1v) is 6.38. The van der Waals surface area contributed by atoms with E-state index >= 15 is 0 Å². The van der Waals surface area contributed by atoms with Crippen molar-refractivity contribution in [3.05, 3.63) is 0 Å². The standard InChI is InChI=1S/C12H22FNO3/c13-1-2-15-3-4-16-5-6-17-11-7-12(8-11)9-14-10-12/h11,14H,1-10H2. The molecule has 1 heterocycles. The van der Waals surface area contributed by atoms with Crippen molar-refractivity contribution in [2.75, 3.05) is 52.8 Å². The Balaban J connectivity index is 1.33. The van der Waals surface area contributed by atoms with Crippen molar-refractivity contribution in [1.82, 2.24) is 5.32 Å². The Kier molecular flexibility index (Phi) is 5.16. The lowest BCUT2D eigenvalue weighted by Crippen LogP contribution is -2.62. The average Bonchev–Trinajstić information content (AvgIpc) is 2.22. The molecule has 5 heteroatoms. The van der Waals surface area contributed by atoms with E-state index in [2.05, 4.69) is 5.32 Å². The van der Waals surface area contributed by atoms with E-state index in [1.54, 1.807) is 0 Å². The molecule has 0 amide bonds. The third-order valence-corrected chi connectivity index (χ3v) is 3.50. The van der Waals surface area contributed by atoms with Gasteiger partial charge in [-0.3, -0.25) is 0 Å². The molecule has 1 spiro atoms. The second kappa shape index (κ2) is 6.64. The van der Waals surface area contributed by atoms with Crippen LogP contribution in [0.4, 0.5) is 4.39 Å². The summed E-state index contributed by atoms with van der Waals surface area (Å²) in [6.07, 6.45) is 2.82. The van der Waals surface area contributed by atoms with Gasteiger partial charge in [-0.1, -0.05) is 0 Å². The molecule has 1 aliphatic carbocycles. The third-order valence-electron chi connectivity index (χ3n) is 3.50. The van der Waals surface area contributed by atoms with E-state index in [4.69, 9.17) is 14.2 Å². The van der Waals surface area contributed by atoms with Gasteiger partial charge in [-0.2, -0.15) is 0 Å². The highest BCUT2D eigenvalue weighted by Gasteiger charge is 2.48. The summed E-state index contributed by atoms with van der Waals surface area (Å²) >= 11 is 0. The highest BCUT2D eigenvalue weighted by atomic mass is 19.1. The van der Waals surface area contributed by atoms with Gasteiger partial charge in [0.1, 0.15) is 6.67 Å². The van der Waals surface area contributed by atoms with Crippen LogP contribution in [0, 0.1) is 5.41 Å². The molecular formula is C12H22FNO3. The van der Waals surface area contributed by atoms with E-state index in [1.807, 2.05) is 0 Å². The minimum atomic E-state index is -0.429. The number of rotatable bonds is 9. The predicted molar refractivity (Wildman–Crippen MR) is 61.9 cm³/mol. The van der Waals surface area contributed by atoms with Gasteiger partial charge in [0.25, 0.3) is 0 Å².